The van der Waals surface area contributed by atoms with E-state index in [-0.39, 0.29) is 55.4 Å². The van der Waals surface area contributed by atoms with Gasteiger partial charge in [0.25, 0.3) is 11.8 Å². The summed E-state index contributed by atoms with van der Waals surface area (Å²) in [5, 5.41) is 2.86. The maximum Gasteiger partial charge on any atom is 0.270 e. The summed E-state index contributed by atoms with van der Waals surface area (Å²) in [7, 11) is 1.42. The SMILES string of the molecule is COc1cc(/C=C2\C(=O)NC(=S)N(c3cccc(Cl)c3Cl)C2=O)cc(Cl)c1OCc1ccc(F)cc1. The number of halogens is 4. The fourth-order valence-electron chi connectivity index (χ4n) is 3.41. The number of carbonyl (C=O) groups is 2. The molecular weight excluding hydrogens is 550 g/mol. The number of nitrogens with zero attached hydrogens (tertiary/aromatic N) is 1. The second-order valence-electron chi connectivity index (χ2n) is 7.48. The van der Waals surface area contributed by atoms with Crippen molar-refractivity contribution in [3.05, 3.63) is 92.2 Å². The number of ether oxygens (including phenoxy) is 2. The molecule has 1 saturated heterocycles. The van der Waals surface area contributed by atoms with Gasteiger partial charge in [-0.3, -0.25) is 19.8 Å². The number of hydrogen-bond donors (Lipinski definition) is 1. The van der Waals surface area contributed by atoms with Crippen LogP contribution in [0.2, 0.25) is 15.1 Å². The molecule has 0 atom stereocenters. The van der Waals surface area contributed by atoms with Crippen LogP contribution in [0.25, 0.3) is 6.08 Å². The molecule has 0 saturated carbocycles. The summed E-state index contributed by atoms with van der Waals surface area (Å²) in [6, 6.07) is 13.6. The first kappa shape index (κ1) is 25.9. The molecule has 0 aliphatic carbocycles. The van der Waals surface area contributed by atoms with Gasteiger partial charge in [-0.1, -0.05) is 53.0 Å². The Morgan fingerprint density at radius 2 is 1.78 bits per heavy atom. The van der Waals surface area contributed by atoms with E-state index in [4.69, 9.17) is 56.5 Å². The number of carbonyl (C=O) groups excluding carboxylic acids is 2. The number of benzene rings is 3. The minimum absolute atomic E-state index is 0.109. The third-order valence-electron chi connectivity index (χ3n) is 5.13. The van der Waals surface area contributed by atoms with Crippen LogP contribution in [0.3, 0.4) is 0 Å². The lowest BCUT2D eigenvalue weighted by Crippen LogP contribution is -2.54. The molecular formula is C25H16Cl3FN2O4S. The summed E-state index contributed by atoms with van der Waals surface area (Å²) in [5.41, 5.74) is 1.14. The summed E-state index contributed by atoms with van der Waals surface area (Å²) >= 11 is 24.0. The second-order valence-corrected chi connectivity index (χ2v) is 9.06. The Hall–Kier alpha value is -3.17. The Morgan fingerprint density at radius 1 is 1.06 bits per heavy atom. The van der Waals surface area contributed by atoms with Gasteiger partial charge in [-0.2, -0.15) is 0 Å². The lowest BCUT2D eigenvalue weighted by molar-refractivity contribution is -0.122. The van der Waals surface area contributed by atoms with E-state index >= 15 is 0 Å². The third-order valence-corrected chi connectivity index (χ3v) is 6.51. The van der Waals surface area contributed by atoms with E-state index in [0.717, 1.165) is 10.5 Å². The van der Waals surface area contributed by atoms with Gasteiger partial charge in [0.2, 0.25) is 0 Å². The molecule has 1 fully saturated rings. The van der Waals surface area contributed by atoms with Gasteiger partial charge in [0, 0.05) is 0 Å². The highest BCUT2D eigenvalue weighted by Crippen LogP contribution is 2.38. The van der Waals surface area contributed by atoms with Crippen LogP contribution in [0.5, 0.6) is 11.5 Å². The summed E-state index contributed by atoms with van der Waals surface area (Å²) in [5.74, 6) is -1.22. The van der Waals surface area contributed by atoms with Crippen molar-refractivity contribution in [3.63, 3.8) is 0 Å². The maximum atomic E-state index is 13.3. The number of anilines is 1. The highest BCUT2D eigenvalue weighted by Gasteiger charge is 2.35. The van der Waals surface area contributed by atoms with Crippen molar-refractivity contribution in [3.8, 4) is 11.5 Å². The van der Waals surface area contributed by atoms with E-state index in [1.165, 1.54) is 31.4 Å². The fraction of sp³-hybridized carbons (Fsp3) is 0.0800. The van der Waals surface area contributed by atoms with Crippen LogP contribution in [0, 0.1) is 5.82 Å². The Labute approximate surface area is 226 Å². The van der Waals surface area contributed by atoms with E-state index in [2.05, 4.69) is 5.32 Å². The fourth-order valence-corrected chi connectivity index (χ4v) is 4.34. The van der Waals surface area contributed by atoms with E-state index < -0.39 is 11.8 Å². The molecule has 11 heteroatoms. The van der Waals surface area contributed by atoms with Crippen LogP contribution >= 0.6 is 47.0 Å². The van der Waals surface area contributed by atoms with Crippen molar-refractivity contribution in [1.82, 2.24) is 5.32 Å². The largest absolute Gasteiger partial charge is 0.493 e. The van der Waals surface area contributed by atoms with Crippen LogP contribution in [0.4, 0.5) is 10.1 Å². The Balaban J connectivity index is 1.66. The van der Waals surface area contributed by atoms with Gasteiger partial charge < -0.3 is 9.47 Å². The van der Waals surface area contributed by atoms with Crippen LogP contribution in [0.1, 0.15) is 11.1 Å². The first-order valence-corrected chi connectivity index (χ1v) is 11.8. The molecule has 1 aliphatic rings. The summed E-state index contributed by atoms with van der Waals surface area (Å²) in [6.45, 7) is 0.116. The monoisotopic (exact) mass is 564 g/mol. The van der Waals surface area contributed by atoms with Crippen LogP contribution in [0.15, 0.2) is 60.2 Å². The first-order valence-electron chi connectivity index (χ1n) is 10.3. The number of nitrogens with one attached hydrogen (secondary N) is 1. The molecule has 0 radical (unpaired) electrons. The predicted molar refractivity (Wildman–Crippen MR) is 141 cm³/mol. The number of rotatable bonds is 6. The predicted octanol–water partition coefficient (Wildman–Crippen LogP) is 6.20. The number of thiocarbonyl (C=S) groups is 1. The van der Waals surface area contributed by atoms with Gasteiger partial charge in [-0.15, -0.1) is 0 Å². The van der Waals surface area contributed by atoms with E-state index in [0.29, 0.717) is 5.56 Å². The van der Waals surface area contributed by atoms with Gasteiger partial charge in [-0.25, -0.2) is 4.39 Å². The van der Waals surface area contributed by atoms with Crippen molar-refractivity contribution >= 4 is 75.7 Å². The highest BCUT2D eigenvalue weighted by atomic mass is 35.5. The Kier molecular flexibility index (Phi) is 7.80. The smallest absolute Gasteiger partial charge is 0.270 e. The summed E-state index contributed by atoms with van der Waals surface area (Å²) in [6.07, 6.45) is 1.35. The average Bonchev–Trinajstić information content (AvgIpc) is 2.84. The molecule has 0 aromatic heterocycles. The zero-order valence-corrected chi connectivity index (χ0v) is 21.6. The minimum atomic E-state index is -0.695. The molecule has 0 bridgehead atoms. The molecule has 1 N–H and O–H groups in total. The van der Waals surface area contributed by atoms with E-state index in [1.54, 1.807) is 36.4 Å². The summed E-state index contributed by atoms with van der Waals surface area (Å²) < 4.78 is 24.3. The van der Waals surface area contributed by atoms with Gasteiger partial charge in [0.05, 0.1) is 27.9 Å². The van der Waals surface area contributed by atoms with Crippen LogP contribution < -0.4 is 19.7 Å². The zero-order chi connectivity index (χ0) is 26.0. The molecule has 4 rings (SSSR count). The van der Waals surface area contributed by atoms with E-state index in [9.17, 15) is 14.0 Å². The zero-order valence-electron chi connectivity index (χ0n) is 18.5. The standard InChI is InChI=1S/C25H16Cl3FN2O4S/c1-34-20-11-14(10-18(27)22(20)35-12-13-5-7-15(29)8-6-13)9-16-23(32)30-25(36)31(24(16)33)19-4-2-3-17(26)21(19)28/h2-11H,12H2,1H3,(H,30,32,36)/b16-9+. The number of hydrogen-bond acceptors (Lipinski definition) is 5. The molecule has 184 valence electrons. The molecule has 0 unspecified atom stereocenters. The van der Waals surface area contributed by atoms with Crippen LogP contribution in [-0.2, 0) is 16.2 Å². The van der Waals surface area contributed by atoms with Gasteiger partial charge in [-0.05, 0) is 65.8 Å². The molecule has 36 heavy (non-hydrogen) atoms. The van der Waals surface area contributed by atoms with Crippen molar-refractivity contribution in [2.24, 2.45) is 0 Å². The van der Waals surface area contributed by atoms with Crippen LogP contribution in [-0.4, -0.2) is 24.0 Å². The quantitative estimate of drug-likeness (QED) is 0.219. The number of methoxy groups -OCH3 is 1. The van der Waals surface area contributed by atoms with Gasteiger partial charge in [0.15, 0.2) is 16.6 Å². The maximum absolute atomic E-state index is 13.3. The minimum Gasteiger partial charge on any atom is -0.493 e. The third kappa shape index (κ3) is 5.32. The number of amides is 2. The highest BCUT2D eigenvalue weighted by molar-refractivity contribution is 7.80. The molecule has 3 aromatic carbocycles. The molecule has 1 aliphatic heterocycles. The van der Waals surface area contributed by atoms with Crippen molar-refractivity contribution < 1.29 is 23.5 Å². The Morgan fingerprint density at radius 3 is 2.47 bits per heavy atom. The molecule has 3 aromatic rings. The summed E-state index contributed by atoms with van der Waals surface area (Å²) in [4.78, 5) is 27.0. The molecule has 2 amide bonds. The van der Waals surface area contributed by atoms with Gasteiger partial charge >= 0.3 is 0 Å². The van der Waals surface area contributed by atoms with E-state index in [1.807, 2.05) is 0 Å². The second kappa shape index (κ2) is 10.8. The topological polar surface area (TPSA) is 67.9 Å². The molecule has 1 heterocycles. The first-order chi connectivity index (χ1) is 17.2. The van der Waals surface area contributed by atoms with Crippen molar-refractivity contribution in [2.45, 2.75) is 6.61 Å². The lowest BCUT2D eigenvalue weighted by Gasteiger charge is -2.29. The molecule has 0 spiro atoms. The van der Waals surface area contributed by atoms with Gasteiger partial charge in [0.1, 0.15) is 18.0 Å². The molecule has 6 nitrogen and oxygen atoms in total. The lowest BCUT2D eigenvalue weighted by atomic mass is 10.1. The van der Waals surface area contributed by atoms with Crippen molar-refractivity contribution in [1.29, 1.82) is 0 Å². The van der Waals surface area contributed by atoms with Crippen molar-refractivity contribution in [2.75, 3.05) is 12.0 Å². The average molecular weight is 566 g/mol. The normalized spacial score (nSPS) is 14.8. The Bertz CT molecular complexity index is 1410.